The van der Waals surface area contributed by atoms with Gasteiger partial charge in [0.1, 0.15) is 0 Å². The number of alkyl halides is 3. The Balaban J connectivity index is 3.17. The van der Waals surface area contributed by atoms with Crippen molar-refractivity contribution in [1.82, 2.24) is 0 Å². The second kappa shape index (κ2) is 4.10. The van der Waals surface area contributed by atoms with E-state index in [1.54, 1.807) is 6.92 Å². The van der Waals surface area contributed by atoms with Crippen LogP contribution in [-0.4, -0.2) is 5.11 Å². The molecule has 0 aliphatic heterocycles. The Hall–Kier alpha value is -1.23. The van der Waals surface area contributed by atoms with Gasteiger partial charge in [-0.3, -0.25) is 0 Å². The van der Waals surface area contributed by atoms with Gasteiger partial charge < -0.3 is 10.8 Å². The van der Waals surface area contributed by atoms with Crippen LogP contribution in [0.3, 0.4) is 0 Å². The first-order valence-corrected chi connectivity index (χ1v) is 4.51. The lowest BCUT2D eigenvalue weighted by Gasteiger charge is -2.14. The molecular formula is C10H12F3NO. The molecule has 0 amide bonds. The highest BCUT2D eigenvalue weighted by Gasteiger charge is 2.31. The number of anilines is 1. The second-order valence-electron chi connectivity index (χ2n) is 3.27. The smallest absolute Gasteiger partial charge is 0.398 e. The van der Waals surface area contributed by atoms with Gasteiger partial charge in [-0.2, -0.15) is 13.2 Å². The van der Waals surface area contributed by atoms with Crippen molar-refractivity contribution >= 4 is 5.69 Å². The molecule has 3 N–H and O–H groups in total. The molecule has 15 heavy (non-hydrogen) atoms. The number of hydrogen-bond acceptors (Lipinski definition) is 2. The van der Waals surface area contributed by atoms with E-state index >= 15 is 0 Å². The molecule has 1 aromatic rings. The number of benzene rings is 1. The zero-order valence-electron chi connectivity index (χ0n) is 8.17. The van der Waals surface area contributed by atoms with Crippen molar-refractivity contribution in [1.29, 1.82) is 0 Å². The maximum Gasteiger partial charge on any atom is 0.416 e. The summed E-state index contributed by atoms with van der Waals surface area (Å²) in [6.07, 6.45) is -5.03. The van der Waals surface area contributed by atoms with Crippen molar-refractivity contribution in [2.75, 3.05) is 5.73 Å². The normalized spacial score (nSPS) is 13.9. The molecule has 1 rings (SSSR count). The van der Waals surface area contributed by atoms with E-state index in [4.69, 9.17) is 5.73 Å². The van der Waals surface area contributed by atoms with Gasteiger partial charge >= 0.3 is 6.18 Å². The average Bonchev–Trinajstić information content (AvgIpc) is 2.15. The molecule has 5 heteroatoms. The third kappa shape index (κ3) is 2.62. The molecule has 0 radical (unpaired) electrons. The van der Waals surface area contributed by atoms with Crippen molar-refractivity contribution in [3.05, 3.63) is 29.3 Å². The largest absolute Gasteiger partial charge is 0.416 e. The first kappa shape index (κ1) is 11.8. The quantitative estimate of drug-likeness (QED) is 0.751. The second-order valence-corrected chi connectivity index (χ2v) is 3.27. The Bertz CT molecular complexity index is 349. The molecule has 0 aliphatic rings. The molecule has 1 aromatic carbocycles. The molecule has 0 fully saturated rings. The lowest BCUT2D eigenvalue weighted by molar-refractivity contribution is -0.137. The molecule has 1 unspecified atom stereocenters. The number of aliphatic hydroxyl groups excluding tert-OH is 1. The Morgan fingerprint density at radius 1 is 1.40 bits per heavy atom. The van der Waals surface area contributed by atoms with Crippen LogP contribution in [0.4, 0.5) is 18.9 Å². The topological polar surface area (TPSA) is 46.2 Å². The highest BCUT2D eigenvalue weighted by molar-refractivity contribution is 5.50. The van der Waals surface area contributed by atoms with Gasteiger partial charge in [0, 0.05) is 11.3 Å². The third-order valence-electron chi connectivity index (χ3n) is 2.16. The SMILES string of the molecule is CCC(O)c1cc(C(F)(F)F)ccc1N. The molecule has 1 atom stereocenters. The Morgan fingerprint density at radius 2 is 2.00 bits per heavy atom. The molecule has 0 saturated carbocycles. The molecule has 84 valence electrons. The summed E-state index contributed by atoms with van der Waals surface area (Å²) in [7, 11) is 0. The first-order chi connectivity index (χ1) is 6.86. The Morgan fingerprint density at radius 3 is 2.47 bits per heavy atom. The minimum atomic E-state index is -4.41. The Kier molecular flexibility index (Phi) is 3.24. The van der Waals surface area contributed by atoms with Crippen molar-refractivity contribution in [2.24, 2.45) is 0 Å². The van der Waals surface area contributed by atoms with Gasteiger partial charge in [0.2, 0.25) is 0 Å². The van der Waals surface area contributed by atoms with Crippen LogP contribution in [0.5, 0.6) is 0 Å². The monoisotopic (exact) mass is 219 g/mol. The van der Waals surface area contributed by atoms with E-state index in [1.165, 1.54) is 0 Å². The molecule has 0 saturated heterocycles. The summed E-state index contributed by atoms with van der Waals surface area (Å²) in [5.41, 5.74) is 5.00. The molecule has 0 bridgehead atoms. The van der Waals surface area contributed by atoms with Crippen LogP contribution in [-0.2, 0) is 6.18 Å². The predicted octanol–water partition coefficient (Wildman–Crippen LogP) is 2.73. The standard InChI is InChI=1S/C10H12F3NO/c1-2-9(15)7-5-6(10(11,12)13)3-4-8(7)14/h3-5,9,15H,2,14H2,1H3. The van der Waals surface area contributed by atoms with Crippen LogP contribution in [0.25, 0.3) is 0 Å². The zero-order valence-corrected chi connectivity index (χ0v) is 8.17. The van der Waals surface area contributed by atoms with Crippen LogP contribution >= 0.6 is 0 Å². The van der Waals surface area contributed by atoms with Crippen LogP contribution in [0.2, 0.25) is 0 Å². The van der Waals surface area contributed by atoms with E-state index in [9.17, 15) is 18.3 Å². The maximum atomic E-state index is 12.3. The van der Waals surface area contributed by atoms with Crippen molar-refractivity contribution in [2.45, 2.75) is 25.6 Å². The summed E-state index contributed by atoms with van der Waals surface area (Å²) in [6.45, 7) is 1.67. The minimum Gasteiger partial charge on any atom is -0.398 e. The highest BCUT2D eigenvalue weighted by Crippen LogP contribution is 2.33. The number of nitrogen functional groups attached to an aromatic ring is 1. The summed E-state index contributed by atoms with van der Waals surface area (Å²) >= 11 is 0. The van der Waals surface area contributed by atoms with Gasteiger partial charge in [0.05, 0.1) is 11.7 Å². The van der Waals surface area contributed by atoms with E-state index in [0.29, 0.717) is 6.42 Å². The van der Waals surface area contributed by atoms with Crippen LogP contribution in [0, 0.1) is 0 Å². The van der Waals surface area contributed by atoms with Crippen LogP contribution in [0.15, 0.2) is 18.2 Å². The molecule has 0 aromatic heterocycles. The summed E-state index contributed by atoms with van der Waals surface area (Å²) < 4.78 is 37.0. The number of rotatable bonds is 2. The Labute approximate surface area is 85.5 Å². The lowest BCUT2D eigenvalue weighted by atomic mass is 10.0. The number of aliphatic hydroxyl groups is 1. The minimum absolute atomic E-state index is 0.132. The summed E-state index contributed by atoms with van der Waals surface area (Å²) in [5, 5.41) is 9.45. The van der Waals surface area contributed by atoms with E-state index in [1.807, 2.05) is 0 Å². The number of nitrogens with two attached hydrogens (primary N) is 1. The number of halogens is 3. The highest BCUT2D eigenvalue weighted by atomic mass is 19.4. The van der Waals surface area contributed by atoms with Crippen molar-refractivity contribution in [3.63, 3.8) is 0 Å². The van der Waals surface area contributed by atoms with E-state index < -0.39 is 17.8 Å². The fourth-order valence-electron chi connectivity index (χ4n) is 1.26. The summed E-state index contributed by atoms with van der Waals surface area (Å²) in [4.78, 5) is 0. The third-order valence-corrected chi connectivity index (χ3v) is 2.16. The molecule has 0 aliphatic carbocycles. The first-order valence-electron chi connectivity index (χ1n) is 4.51. The van der Waals surface area contributed by atoms with Gasteiger partial charge in [-0.25, -0.2) is 0 Å². The average molecular weight is 219 g/mol. The number of hydrogen-bond donors (Lipinski definition) is 2. The molecule has 2 nitrogen and oxygen atoms in total. The molecule has 0 spiro atoms. The summed E-state index contributed by atoms with van der Waals surface area (Å²) in [6, 6.07) is 2.96. The van der Waals surface area contributed by atoms with E-state index in [2.05, 4.69) is 0 Å². The van der Waals surface area contributed by atoms with Crippen molar-refractivity contribution < 1.29 is 18.3 Å². The van der Waals surface area contributed by atoms with E-state index in [0.717, 1.165) is 18.2 Å². The van der Waals surface area contributed by atoms with Gasteiger partial charge in [0.15, 0.2) is 0 Å². The summed E-state index contributed by atoms with van der Waals surface area (Å²) in [5.74, 6) is 0. The maximum absolute atomic E-state index is 12.3. The molecule has 0 heterocycles. The van der Waals surface area contributed by atoms with Gasteiger partial charge in [0.25, 0.3) is 0 Å². The predicted molar refractivity (Wildman–Crippen MR) is 51.1 cm³/mol. The fourth-order valence-corrected chi connectivity index (χ4v) is 1.26. The zero-order chi connectivity index (χ0) is 11.6. The fraction of sp³-hybridized carbons (Fsp3) is 0.400. The van der Waals surface area contributed by atoms with Gasteiger partial charge in [-0.1, -0.05) is 6.92 Å². The van der Waals surface area contributed by atoms with Crippen molar-refractivity contribution in [3.8, 4) is 0 Å². The lowest BCUT2D eigenvalue weighted by Crippen LogP contribution is -2.08. The van der Waals surface area contributed by atoms with Crippen LogP contribution in [0.1, 0.15) is 30.6 Å². The van der Waals surface area contributed by atoms with Gasteiger partial charge in [-0.05, 0) is 24.6 Å². The van der Waals surface area contributed by atoms with E-state index in [-0.39, 0.29) is 11.3 Å². The van der Waals surface area contributed by atoms with Gasteiger partial charge in [-0.15, -0.1) is 0 Å². The van der Waals surface area contributed by atoms with Crippen LogP contribution < -0.4 is 5.73 Å². The molecular weight excluding hydrogens is 207 g/mol.